The Balaban J connectivity index is 1.72. The van der Waals surface area contributed by atoms with Crippen LogP contribution in [0.5, 0.6) is 0 Å². The van der Waals surface area contributed by atoms with E-state index in [1.165, 1.54) is 5.56 Å². The lowest BCUT2D eigenvalue weighted by atomic mass is 9.99. The number of hydrogen-bond acceptors (Lipinski definition) is 1. The van der Waals surface area contributed by atoms with Gasteiger partial charge in [0, 0.05) is 10.7 Å². The molecule has 1 atom stereocenters. The standard InChI is InChI=1S/C21H19ClN2O/c22-18-11-13-19(14-12-18)23-21(25)24-20(17-9-5-2-6-10-17)15-16-7-3-1-4-8-16/h1-14,20H,15H2,(H2,23,24,25). The lowest BCUT2D eigenvalue weighted by molar-refractivity contribution is 0.248. The molecule has 0 fully saturated rings. The van der Waals surface area contributed by atoms with Gasteiger partial charge in [0.05, 0.1) is 6.04 Å². The van der Waals surface area contributed by atoms with Gasteiger partial charge in [0.2, 0.25) is 0 Å². The summed E-state index contributed by atoms with van der Waals surface area (Å²) < 4.78 is 0. The molecule has 2 N–H and O–H groups in total. The third-order valence-corrected chi connectivity index (χ3v) is 4.14. The molecule has 0 saturated heterocycles. The summed E-state index contributed by atoms with van der Waals surface area (Å²) in [7, 11) is 0. The zero-order chi connectivity index (χ0) is 17.5. The molecule has 3 rings (SSSR count). The predicted molar refractivity (Wildman–Crippen MR) is 103 cm³/mol. The fourth-order valence-electron chi connectivity index (χ4n) is 2.65. The summed E-state index contributed by atoms with van der Waals surface area (Å²) in [4.78, 5) is 12.4. The summed E-state index contributed by atoms with van der Waals surface area (Å²) in [5.74, 6) is 0. The highest BCUT2D eigenvalue weighted by Crippen LogP contribution is 2.19. The van der Waals surface area contributed by atoms with E-state index in [1.54, 1.807) is 24.3 Å². The van der Waals surface area contributed by atoms with Crippen LogP contribution in [0, 0.1) is 0 Å². The van der Waals surface area contributed by atoms with Gasteiger partial charge in [-0.1, -0.05) is 72.3 Å². The molecule has 0 aliphatic heterocycles. The molecule has 1 unspecified atom stereocenters. The fourth-order valence-corrected chi connectivity index (χ4v) is 2.77. The number of urea groups is 1. The van der Waals surface area contributed by atoms with Crippen molar-refractivity contribution in [2.45, 2.75) is 12.5 Å². The molecule has 3 nitrogen and oxygen atoms in total. The van der Waals surface area contributed by atoms with E-state index < -0.39 is 0 Å². The van der Waals surface area contributed by atoms with Gasteiger partial charge in [-0.05, 0) is 41.8 Å². The van der Waals surface area contributed by atoms with Crippen molar-refractivity contribution in [1.82, 2.24) is 5.32 Å². The minimum Gasteiger partial charge on any atom is -0.331 e. The number of anilines is 1. The Morgan fingerprint density at radius 1 is 0.840 bits per heavy atom. The van der Waals surface area contributed by atoms with E-state index in [9.17, 15) is 4.79 Å². The number of amides is 2. The van der Waals surface area contributed by atoms with Gasteiger partial charge in [0.25, 0.3) is 0 Å². The van der Waals surface area contributed by atoms with Crippen molar-refractivity contribution in [3.05, 3.63) is 101 Å². The average molecular weight is 351 g/mol. The molecule has 0 aliphatic carbocycles. The normalized spacial score (nSPS) is 11.6. The van der Waals surface area contributed by atoms with Crippen molar-refractivity contribution < 1.29 is 4.79 Å². The van der Waals surface area contributed by atoms with Crippen LogP contribution in [0.25, 0.3) is 0 Å². The molecule has 4 heteroatoms. The molecule has 3 aromatic rings. The van der Waals surface area contributed by atoms with Crippen LogP contribution in [0.15, 0.2) is 84.9 Å². The van der Waals surface area contributed by atoms with Crippen molar-refractivity contribution in [3.8, 4) is 0 Å². The number of benzene rings is 3. The van der Waals surface area contributed by atoms with Gasteiger partial charge in [-0.15, -0.1) is 0 Å². The summed E-state index contributed by atoms with van der Waals surface area (Å²) in [6.45, 7) is 0. The number of rotatable bonds is 5. The van der Waals surface area contributed by atoms with Gasteiger partial charge < -0.3 is 10.6 Å². The lowest BCUT2D eigenvalue weighted by Gasteiger charge is -2.20. The van der Waals surface area contributed by atoms with Crippen molar-refractivity contribution in [2.24, 2.45) is 0 Å². The third kappa shape index (κ3) is 5.10. The average Bonchev–Trinajstić information content (AvgIpc) is 2.65. The molecular weight excluding hydrogens is 332 g/mol. The van der Waals surface area contributed by atoms with Crippen molar-refractivity contribution in [2.75, 3.05) is 5.32 Å². The minimum atomic E-state index is -0.243. The highest BCUT2D eigenvalue weighted by molar-refractivity contribution is 6.30. The Hall–Kier alpha value is -2.78. The number of carbonyl (C=O) groups excluding carboxylic acids is 1. The molecule has 126 valence electrons. The molecule has 0 spiro atoms. The van der Waals surface area contributed by atoms with Gasteiger partial charge in [-0.2, -0.15) is 0 Å². The van der Waals surface area contributed by atoms with Crippen LogP contribution in [0.1, 0.15) is 17.2 Å². The maximum absolute atomic E-state index is 12.4. The smallest absolute Gasteiger partial charge is 0.319 e. The van der Waals surface area contributed by atoms with E-state index >= 15 is 0 Å². The summed E-state index contributed by atoms with van der Waals surface area (Å²) >= 11 is 5.87. The lowest BCUT2D eigenvalue weighted by Crippen LogP contribution is -2.33. The Morgan fingerprint density at radius 2 is 1.44 bits per heavy atom. The van der Waals surface area contributed by atoms with E-state index in [2.05, 4.69) is 22.8 Å². The van der Waals surface area contributed by atoms with Crippen molar-refractivity contribution in [1.29, 1.82) is 0 Å². The van der Waals surface area contributed by atoms with Crippen LogP contribution in [-0.2, 0) is 6.42 Å². The van der Waals surface area contributed by atoms with E-state index in [1.807, 2.05) is 48.5 Å². The van der Waals surface area contributed by atoms with Crippen LogP contribution >= 0.6 is 11.6 Å². The number of nitrogens with one attached hydrogen (secondary N) is 2. The molecule has 0 aliphatic rings. The topological polar surface area (TPSA) is 41.1 Å². The first-order valence-corrected chi connectivity index (χ1v) is 8.50. The van der Waals surface area contributed by atoms with Crippen LogP contribution in [0.3, 0.4) is 0 Å². The van der Waals surface area contributed by atoms with Crippen LogP contribution in [-0.4, -0.2) is 6.03 Å². The van der Waals surface area contributed by atoms with Crippen LogP contribution in [0.4, 0.5) is 10.5 Å². The maximum Gasteiger partial charge on any atom is 0.319 e. The summed E-state index contributed by atoms with van der Waals surface area (Å²) in [5.41, 5.74) is 2.94. The molecule has 2 amide bonds. The van der Waals surface area contributed by atoms with Crippen LogP contribution < -0.4 is 10.6 Å². The molecule has 3 aromatic carbocycles. The van der Waals surface area contributed by atoms with Crippen LogP contribution in [0.2, 0.25) is 5.02 Å². The summed E-state index contributed by atoms with van der Waals surface area (Å²) in [6.07, 6.45) is 0.721. The summed E-state index contributed by atoms with van der Waals surface area (Å²) in [6, 6.07) is 26.8. The first-order chi connectivity index (χ1) is 12.2. The zero-order valence-electron chi connectivity index (χ0n) is 13.7. The fraction of sp³-hybridized carbons (Fsp3) is 0.0952. The molecule has 0 bridgehead atoms. The highest BCUT2D eigenvalue weighted by Gasteiger charge is 2.15. The van der Waals surface area contributed by atoms with Crippen molar-refractivity contribution in [3.63, 3.8) is 0 Å². The van der Waals surface area contributed by atoms with Gasteiger partial charge in [-0.3, -0.25) is 0 Å². The molecule has 0 heterocycles. The Kier molecular flexibility index (Phi) is 5.70. The predicted octanol–water partition coefficient (Wildman–Crippen LogP) is 5.45. The molecular formula is C21H19ClN2O. The maximum atomic E-state index is 12.4. The van der Waals surface area contributed by atoms with Crippen molar-refractivity contribution >= 4 is 23.3 Å². The van der Waals surface area contributed by atoms with Gasteiger partial charge in [-0.25, -0.2) is 4.79 Å². The highest BCUT2D eigenvalue weighted by atomic mass is 35.5. The van der Waals surface area contributed by atoms with Gasteiger partial charge in [0.1, 0.15) is 0 Å². The van der Waals surface area contributed by atoms with E-state index in [0.29, 0.717) is 10.7 Å². The first-order valence-electron chi connectivity index (χ1n) is 8.12. The number of halogens is 1. The third-order valence-electron chi connectivity index (χ3n) is 3.89. The molecule has 0 radical (unpaired) electrons. The second-order valence-corrected chi connectivity index (χ2v) is 6.19. The number of hydrogen-bond donors (Lipinski definition) is 2. The van der Waals surface area contributed by atoms with E-state index in [0.717, 1.165) is 12.0 Å². The van der Waals surface area contributed by atoms with Gasteiger partial charge >= 0.3 is 6.03 Å². The molecule has 0 aromatic heterocycles. The monoisotopic (exact) mass is 350 g/mol. The second kappa shape index (κ2) is 8.36. The quantitative estimate of drug-likeness (QED) is 0.631. The van der Waals surface area contributed by atoms with Gasteiger partial charge in [0.15, 0.2) is 0 Å². The largest absolute Gasteiger partial charge is 0.331 e. The molecule has 0 saturated carbocycles. The first kappa shape index (κ1) is 17.1. The minimum absolute atomic E-state index is 0.115. The van der Waals surface area contributed by atoms with E-state index in [-0.39, 0.29) is 12.1 Å². The second-order valence-electron chi connectivity index (χ2n) is 5.76. The zero-order valence-corrected chi connectivity index (χ0v) is 14.4. The summed E-state index contributed by atoms with van der Waals surface area (Å²) in [5, 5.41) is 6.54. The van der Waals surface area contributed by atoms with E-state index in [4.69, 9.17) is 11.6 Å². The Labute approximate surface area is 152 Å². The SMILES string of the molecule is O=C(Nc1ccc(Cl)cc1)NC(Cc1ccccc1)c1ccccc1. The Bertz CT molecular complexity index is 804. The molecule has 25 heavy (non-hydrogen) atoms. The Morgan fingerprint density at radius 3 is 2.08 bits per heavy atom. The number of carbonyl (C=O) groups is 1.